The van der Waals surface area contributed by atoms with Gasteiger partial charge in [0.1, 0.15) is 0 Å². The van der Waals surface area contributed by atoms with Crippen molar-refractivity contribution in [1.82, 2.24) is 15.2 Å². The van der Waals surface area contributed by atoms with Gasteiger partial charge in [0.2, 0.25) is 5.91 Å². The highest BCUT2D eigenvalue weighted by Gasteiger charge is 2.08. The van der Waals surface area contributed by atoms with Gasteiger partial charge in [-0.3, -0.25) is 4.79 Å². The van der Waals surface area contributed by atoms with E-state index in [1.165, 1.54) is 17.0 Å². The predicted octanol–water partition coefficient (Wildman–Crippen LogP) is 2.52. The number of nitrogens with one attached hydrogen (secondary N) is 2. The molecule has 0 saturated heterocycles. The van der Waals surface area contributed by atoms with Crippen LogP contribution in [0.5, 0.6) is 0 Å². The first-order chi connectivity index (χ1) is 9.49. The van der Waals surface area contributed by atoms with Crippen LogP contribution in [0.2, 0.25) is 0 Å². The van der Waals surface area contributed by atoms with Crippen molar-refractivity contribution in [3.63, 3.8) is 0 Å². The fourth-order valence-corrected chi connectivity index (χ4v) is 2.41. The molecule has 4 nitrogen and oxygen atoms in total. The Hall–Kier alpha value is -1.29. The fraction of sp³-hybridized carbons (Fsp3) is 0.688. The number of nitrogens with zero attached hydrogens (tertiary/aromatic N) is 1. The summed E-state index contributed by atoms with van der Waals surface area (Å²) in [6.07, 6.45) is 1.51. The third kappa shape index (κ3) is 4.67. The summed E-state index contributed by atoms with van der Waals surface area (Å²) in [5, 5.41) is 6.33. The lowest BCUT2D eigenvalue weighted by molar-refractivity contribution is -0.121. The Balaban J connectivity index is 2.33. The van der Waals surface area contributed by atoms with Crippen LogP contribution < -0.4 is 10.6 Å². The van der Waals surface area contributed by atoms with Gasteiger partial charge in [-0.1, -0.05) is 6.92 Å². The molecular formula is C16H29N3O. The zero-order valence-electron chi connectivity index (χ0n) is 13.5. The van der Waals surface area contributed by atoms with Crippen LogP contribution in [0.15, 0.2) is 6.07 Å². The largest absolute Gasteiger partial charge is 0.354 e. The Bertz CT molecular complexity index is 437. The van der Waals surface area contributed by atoms with E-state index in [1.54, 1.807) is 0 Å². The first-order valence-electron chi connectivity index (χ1n) is 7.65. The maximum absolute atomic E-state index is 11.6. The van der Waals surface area contributed by atoms with Gasteiger partial charge in [0.25, 0.3) is 0 Å². The van der Waals surface area contributed by atoms with Crippen molar-refractivity contribution in [3.05, 3.63) is 23.0 Å². The van der Waals surface area contributed by atoms with E-state index in [-0.39, 0.29) is 11.9 Å². The highest BCUT2D eigenvalue weighted by Crippen LogP contribution is 2.14. The first kappa shape index (κ1) is 16.8. The minimum absolute atomic E-state index is 0.130. The van der Waals surface area contributed by atoms with Gasteiger partial charge in [-0.2, -0.15) is 0 Å². The summed E-state index contributed by atoms with van der Waals surface area (Å²) in [7, 11) is 0. The number of carbonyl (C=O) groups is 1. The number of hydrogen-bond donors (Lipinski definition) is 2. The second-order valence-corrected chi connectivity index (χ2v) is 5.44. The second kappa shape index (κ2) is 8.10. The highest BCUT2D eigenvalue weighted by molar-refractivity contribution is 5.76. The molecule has 0 bridgehead atoms. The quantitative estimate of drug-likeness (QED) is 0.718. The Morgan fingerprint density at radius 1 is 1.35 bits per heavy atom. The lowest BCUT2D eigenvalue weighted by Crippen LogP contribution is -2.33. The van der Waals surface area contributed by atoms with Crippen LogP contribution in [-0.2, 0) is 17.9 Å². The molecule has 0 aromatic carbocycles. The first-order valence-corrected chi connectivity index (χ1v) is 7.65. The molecule has 2 N–H and O–H groups in total. The molecule has 20 heavy (non-hydrogen) atoms. The highest BCUT2D eigenvalue weighted by atomic mass is 16.1. The van der Waals surface area contributed by atoms with Crippen LogP contribution in [0.4, 0.5) is 0 Å². The predicted molar refractivity (Wildman–Crippen MR) is 83.8 cm³/mol. The molecule has 0 spiro atoms. The third-order valence-electron chi connectivity index (χ3n) is 3.86. The van der Waals surface area contributed by atoms with E-state index in [9.17, 15) is 4.79 Å². The Kier molecular flexibility index (Phi) is 6.79. The molecule has 4 heteroatoms. The van der Waals surface area contributed by atoms with Gasteiger partial charge in [0, 0.05) is 43.5 Å². The summed E-state index contributed by atoms with van der Waals surface area (Å²) in [4.78, 5) is 11.6. The summed E-state index contributed by atoms with van der Waals surface area (Å²) >= 11 is 0. The van der Waals surface area contributed by atoms with Crippen molar-refractivity contribution in [2.45, 2.75) is 66.6 Å². The van der Waals surface area contributed by atoms with E-state index in [0.717, 1.165) is 26.1 Å². The second-order valence-electron chi connectivity index (χ2n) is 5.44. The van der Waals surface area contributed by atoms with E-state index in [4.69, 9.17) is 0 Å². The number of amides is 1. The molecule has 0 aliphatic rings. The number of rotatable bonds is 8. The molecule has 1 amide bonds. The summed E-state index contributed by atoms with van der Waals surface area (Å²) < 4.78 is 2.31. The van der Waals surface area contributed by atoms with Crippen molar-refractivity contribution >= 4 is 5.91 Å². The molecule has 0 saturated carbocycles. The maximum atomic E-state index is 11.6. The van der Waals surface area contributed by atoms with Crippen LogP contribution in [0, 0.1) is 13.8 Å². The van der Waals surface area contributed by atoms with Gasteiger partial charge in [0.05, 0.1) is 0 Å². The van der Waals surface area contributed by atoms with E-state index in [0.29, 0.717) is 6.42 Å². The Morgan fingerprint density at radius 2 is 2.05 bits per heavy atom. The molecule has 1 unspecified atom stereocenters. The molecule has 0 radical (unpaired) electrons. The number of aryl methyl sites for hydroxylation is 1. The zero-order chi connectivity index (χ0) is 15.1. The minimum Gasteiger partial charge on any atom is -0.354 e. The summed E-state index contributed by atoms with van der Waals surface area (Å²) in [5.41, 5.74) is 3.95. The molecule has 1 aromatic heterocycles. The molecule has 1 atom stereocenters. The lowest BCUT2D eigenvalue weighted by atomic mass is 10.2. The minimum atomic E-state index is 0.130. The standard InChI is InChI=1S/C16H29N3O/c1-6-12(3)18-16(20)8-9-17-11-15-10-13(4)19(7-2)14(15)5/h10,12,17H,6-9,11H2,1-5H3,(H,18,20). The van der Waals surface area contributed by atoms with E-state index < -0.39 is 0 Å². The average Bonchev–Trinajstić information content (AvgIpc) is 2.69. The van der Waals surface area contributed by atoms with Gasteiger partial charge >= 0.3 is 0 Å². The van der Waals surface area contributed by atoms with E-state index >= 15 is 0 Å². The van der Waals surface area contributed by atoms with Gasteiger partial charge in [-0.15, -0.1) is 0 Å². The average molecular weight is 279 g/mol. The normalized spacial score (nSPS) is 12.4. The number of carbonyl (C=O) groups excluding carboxylic acids is 1. The summed E-state index contributed by atoms with van der Waals surface area (Å²) in [6, 6.07) is 2.50. The van der Waals surface area contributed by atoms with Crippen molar-refractivity contribution in [2.75, 3.05) is 6.54 Å². The third-order valence-corrected chi connectivity index (χ3v) is 3.86. The molecule has 114 valence electrons. The molecule has 1 rings (SSSR count). The van der Waals surface area contributed by atoms with Crippen LogP contribution >= 0.6 is 0 Å². The van der Waals surface area contributed by atoms with Crippen LogP contribution in [0.3, 0.4) is 0 Å². The SMILES string of the molecule is CCC(C)NC(=O)CCNCc1cc(C)n(CC)c1C. The van der Waals surface area contributed by atoms with E-state index in [2.05, 4.69) is 49.0 Å². The molecular weight excluding hydrogens is 250 g/mol. The molecule has 1 aromatic rings. The Morgan fingerprint density at radius 3 is 2.60 bits per heavy atom. The topological polar surface area (TPSA) is 46.1 Å². The molecule has 0 fully saturated rings. The molecule has 0 aliphatic carbocycles. The van der Waals surface area contributed by atoms with Crippen molar-refractivity contribution in [2.24, 2.45) is 0 Å². The summed E-state index contributed by atoms with van der Waals surface area (Å²) in [6.45, 7) is 13.1. The van der Waals surface area contributed by atoms with Gasteiger partial charge in [-0.05, 0) is 45.7 Å². The monoisotopic (exact) mass is 279 g/mol. The fourth-order valence-electron chi connectivity index (χ4n) is 2.41. The number of aromatic nitrogens is 1. The Labute approximate surface area is 122 Å². The maximum Gasteiger partial charge on any atom is 0.221 e. The van der Waals surface area contributed by atoms with Crippen LogP contribution in [-0.4, -0.2) is 23.1 Å². The lowest BCUT2D eigenvalue weighted by Gasteiger charge is -2.11. The van der Waals surface area contributed by atoms with Gasteiger partial charge in [0.15, 0.2) is 0 Å². The van der Waals surface area contributed by atoms with E-state index in [1.807, 2.05) is 6.92 Å². The van der Waals surface area contributed by atoms with Crippen molar-refractivity contribution < 1.29 is 4.79 Å². The molecule has 1 heterocycles. The smallest absolute Gasteiger partial charge is 0.221 e. The van der Waals surface area contributed by atoms with Crippen molar-refractivity contribution in [3.8, 4) is 0 Å². The van der Waals surface area contributed by atoms with Gasteiger partial charge < -0.3 is 15.2 Å². The van der Waals surface area contributed by atoms with Gasteiger partial charge in [-0.25, -0.2) is 0 Å². The van der Waals surface area contributed by atoms with Crippen LogP contribution in [0.25, 0.3) is 0 Å². The zero-order valence-corrected chi connectivity index (χ0v) is 13.5. The van der Waals surface area contributed by atoms with Crippen molar-refractivity contribution in [1.29, 1.82) is 0 Å². The van der Waals surface area contributed by atoms with Crippen LogP contribution in [0.1, 0.15) is 50.6 Å². The molecule has 0 aliphatic heterocycles. The summed E-state index contributed by atoms with van der Waals surface area (Å²) in [5.74, 6) is 0.130. The number of hydrogen-bond acceptors (Lipinski definition) is 2.